The van der Waals surface area contributed by atoms with Gasteiger partial charge >= 0.3 is 0 Å². The summed E-state index contributed by atoms with van der Waals surface area (Å²) in [6.07, 6.45) is 9.82. The summed E-state index contributed by atoms with van der Waals surface area (Å²) < 4.78 is 27.2. The predicted octanol–water partition coefficient (Wildman–Crippen LogP) is 1.88. The first-order valence-corrected chi connectivity index (χ1v) is 9.87. The van der Waals surface area contributed by atoms with Crippen molar-refractivity contribution in [3.63, 3.8) is 0 Å². The number of aromatic amines is 1. The number of aryl methyl sites for hydroxylation is 2. The number of aromatic nitrogens is 2. The lowest BCUT2D eigenvalue weighted by Crippen LogP contribution is -2.47. The second kappa shape index (κ2) is 6.75. The van der Waals surface area contributed by atoms with Crippen LogP contribution in [0.1, 0.15) is 43.5 Å². The summed E-state index contributed by atoms with van der Waals surface area (Å²) in [6.45, 7) is 4.64. The first-order valence-electron chi connectivity index (χ1n) is 8.43. The Morgan fingerprint density at radius 3 is 2.57 bits per heavy atom. The number of nitrogens with zero attached hydrogens (tertiary/aromatic N) is 2. The highest BCUT2D eigenvalue weighted by Gasteiger charge is 2.33. The number of hydrogen-bond donors (Lipinski definition) is 2. The minimum atomic E-state index is -3.44. The zero-order valence-corrected chi connectivity index (χ0v) is 14.7. The second-order valence-corrected chi connectivity index (χ2v) is 8.45. The molecule has 1 fully saturated rings. The van der Waals surface area contributed by atoms with E-state index in [1.165, 1.54) is 19.3 Å². The molecule has 0 unspecified atom stereocenters. The van der Waals surface area contributed by atoms with E-state index in [0.29, 0.717) is 41.5 Å². The fraction of sp³-hybridized carbons (Fsp3) is 0.688. The summed E-state index contributed by atoms with van der Waals surface area (Å²) in [5, 5.41) is 10.4. The van der Waals surface area contributed by atoms with Crippen molar-refractivity contribution in [3.05, 3.63) is 23.5 Å². The van der Waals surface area contributed by atoms with Crippen molar-refractivity contribution in [1.82, 2.24) is 19.8 Å². The van der Waals surface area contributed by atoms with Gasteiger partial charge < -0.3 is 5.32 Å². The van der Waals surface area contributed by atoms with Gasteiger partial charge in [-0.25, -0.2) is 8.42 Å². The third-order valence-electron chi connectivity index (χ3n) is 4.82. The molecule has 1 atom stereocenters. The van der Waals surface area contributed by atoms with Crippen molar-refractivity contribution in [2.45, 2.75) is 62.9 Å². The molecule has 0 amide bonds. The molecule has 3 rings (SSSR count). The quantitative estimate of drug-likeness (QED) is 0.822. The van der Waals surface area contributed by atoms with Gasteiger partial charge in [0.05, 0.1) is 11.4 Å². The maximum Gasteiger partial charge on any atom is 0.246 e. The van der Waals surface area contributed by atoms with Gasteiger partial charge in [0, 0.05) is 25.2 Å². The van der Waals surface area contributed by atoms with E-state index in [0.717, 1.165) is 12.8 Å². The lowest BCUT2D eigenvalue weighted by molar-refractivity contribution is 0.277. The fourth-order valence-corrected chi connectivity index (χ4v) is 5.37. The van der Waals surface area contributed by atoms with Gasteiger partial charge in [0.25, 0.3) is 0 Å². The maximum absolute atomic E-state index is 12.8. The van der Waals surface area contributed by atoms with Crippen LogP contribution < -0.4 is 5.32 Å². The molecule has 1 saturated heterocycles. The lowest BCUT2D eigenvalue weighted by atomic mass is 9.99. The van der Waals surface area contributed by atoms with E-state index in [9.17, 15) is 8.42 Å². The number of sulfonamides is 1. The van der Waals surface area contributed by atoms with E-state index in [1.807, 2.05) is 0 Å². The van der Waals surface area contributed by atoms with Gasteiger partial charge in [-0.1, -0.05) is 12.2 Å². The molecule has 23 heavy (non-hydrogen) atoms. The predicted molar refractivity (Wildman–Crippen MR) is 89.8 cm³/mol. The van der Waals surface area contributed by atoms with Gasteiger partial charge in [-0.15, -0.1) is 0 Å². The highest BCUT2D eigenvalue weighted by Crippen LogP contribution is 2.25. The number of piperidine rings is 1. The van der Waals surface area contributed by atoms with Gasteiger partial charge in [-0.05, 0) is 46.0 Å². The molecule has 1 aliphatic carbocycles. The molecule has 1 aliphatic heterocycles. The summed E-state index contributed by atoms with van der Waals surface area (Å²) in [5.41, 5.74) is 1.17. The molecule has 0 radical (unpaired) electrons. The highest BCUT2D eigenvalue weighted by atomic mass is 32.2. The molecule has 6 nitrogen and oxygen atoms in total. The van der Waals surface area contributed by atoms with Crippen LogP contribution in [0.5, 0.6) is 0 Å². The van der Waals surface area contributed by atoms with Crippen LogP contribution >= 0.6 is 0 Å². The monoisotopic (exact) mass is 338 g/mol. The van der Waals surface area contributed by atoms with Crippen LogP contribution in [-0.4, -0.2) is 48.1 Å². The fourth-order valence-electron chi connectivity index (χ4n) is 3.57. The molecule has 2 heterocycles. The third kappa shape index (κ3) is 3.51. The Balaban J connectivity index is 1.62. The average Bonchev–Trinajstić information content (AvgIpc) is 2.88. The SMILES string of the molecule is Cc1n[nH]c(C)c1S(=O)(=O)N1CCC(N[C@@H]2C=CCCC2)CC1. The summed E-state index contributed by atoms with van der Waals surface area (Å²) in [4.78, 5) is 0.346. The van der Waals surface area contributed by atoms with Gasteiger partial charge in [0.15, 0.2) is 0 Å². The van der Waals surface area contributed by atoms with Gasteiger partial charge in [-0.3, -0.25) is 5.10 Å². The van der Waals surface area contributed by atoms with Crippen molar-refractivity contribution >= 4 is 10.0 Å². The number of rotatable bonds is 4. The van der Waals surface area contributed by atoms with Crippen molar-refractivity contribution < 1.29 is 8.42 Å². The van der Waals surface area contributed by atoms with Gasteiger partial charge in [-0.2, -0.15) is 9.40 Å². The smallest absolute Gasteiger partial charge is 0.246 e. The van der Waals surface area contributed by atoms with Crippen molar-refractivity contribution in [3.8, 4) is 0 Å². The van der Waals surface area contributed by atoms with Gasteiger partial charge in [0.2, 0.25) is 10.0 Å². The maximum atomic E-state index is 12.8. The topological polar surface area (TPSA) is 78.1 Å². The minimum absolute atomic E-state index is 0.346. The summed E-state index contributed by atoms with van der Waals surface area (Å²) in [6, 6.07) is 0.857. The molecule has 2 aliphatic rings. The molecular formula is C16H26N4O2S. The number of hydrogen-bond acceptors (Lipinski definition) is 4. The van der Waals surface area contributed by atoms with Crippen molar-refractivity contribution in [2.75, 3.05) is 13.1 Å². The molecule has 2 N–H and O–H groups in total. The van der Waals surface area contributed by atoms with Crippen LogP contribution in [0.25, 0.3) is 0 Å². The molecule has 1 aromatic heterocycles. The zero-order valence-electron chi connectivity index (χ0n) is 13.9. The van der Waals surface area contributed by atoms with E-state index >= 15 is 0 Å². The molecule has 7 heteroatoms. The molecule has 0 spiro atoms. The Bertz CT molecular complexity index is 653. The second-order valence-electron chi connectivity index (χ2n) is 6.57. The Hall–Kier alpha value is -1.18. The van der Waals surface area contributed by atoms with E-state index < -0.39 is 10.0 Å². The van der Waals surface area contributed by atoms with Crippen LogP contribution in [0.3, 0.4) is 0 Å². The number of nitrogens with one attached hydrogen (secondary N) is 2. The van der Waals surface area contributed by atoms with E-state index in [4.69, 9.17) is 0 Å². The average molecular weight is 338 g/mol. The Kier molecular flexibility index (Phi) is 4.89. The molecule has 0 saturated carbocycles. The number of allylic oxidation sites excluding steroid dienone is 1. The standard InChI is InChI=1S/C16H26N4O2S/c1-12-16(13(2)19-18-12)23(21,22)20-10-8-15(9-11-20)17-14-6-4-3-5-7-14/h4,6,14-15,17H,3,5,7-11H2,1-2H3,(H,18,19)/t14-/m1/s1. The summed E-state index contributed by atoms with van der Waals surface area (Å²) in [7, 11) is -3.44. The molecule has 128 valence electrons. The Morgan fingerprint density at radius 2 is 2.00 bits per heavy atom. The minimum Gasteiger partial charge on any atom is -0.308 e. The first kappa shape index (κ1) is 16.7. The molecule has 0 aromatic carbocycles. The van der Waals surface area contributed by atoms with Crippen LogP contribution in [0.4, 0.5) is 0 Å². The van der Waals surface area contributed by atoms with Crippen molar-refractivity contribution in [2.24, 2.45) is 0 Å². The van der Waals surface area contributed by atoms with Gasteiger partial charge in [0.1, 0.15) is 4.90 Å². The van der Waals surface area contributed by atoms with E-state index in [-0.39, 0.29) is 0 Å². The largest absolute Gasteiger partial charge is 0.308 e. The highest BCUT2D eigenvalue weighted by molar-refractivity contribution is 7.89. The number of H-pyrrole nitrogens is 1. The van der Waals surface area contributed by atoms with Crippen LogP contribution in [-0.2, 0) is 10.0 Å². The zero-order chi connectivity index (χ0) is 16.4. The van der Waals surface area contributed by atoms with Crippen LogP contribution in [0.15, 0.2) is 17.0 Å². The van der Waals surface area contributed by atoms with Crippen LogP contribution in [0, 0.1) is 13.8 Å². The van der Waals surface area contributed by atoms with E-state index in [2.05, 4.69) is 27.7 Å². The Labute approximate surface area is 138 Å². The first-order chi connectivity index (χ1) is 11.0. The normalized spacial score (nSPS) is 24.2. The summed E-state index contributed by atoms with van der Waals surface area (Å²) >= 11 is 0. The molecule has 0 bridgehead atoms. The van der Waals surface area contributed by atoms with E-state index in [1.54, 1.807) is 18.2 Å². The lowest BCUT2D eigenvalue weighted by Gasteiger charge is -2.34. The third-order valence-corrected chi connectivity index (χ3v) is 6.98. The van der Waals surface area contributed by atoms with Crippen molar-refractivity contribution in [1.29, 1.82) is 0 Å². The van der Waals surface area contributed by atoms with Crippen LogP contribution in [0.2, 0.25) is 0 Å². The molecular weight excluding hydrogens is 312 g/mol. The Morgan fingerprint density at radius 1 is 1.26 bits per heavy atom. The molecule has 1 aromatic rings. The summed E-state index contributed by atoms with van der Waals surface area (Å²) in [5.74, 6) is 0.